The van der Waals surface area contributed by atoms with Gasteiger partial charge in [-0.2, -0.15) is 0 Å². The largest absolute Gasteiger partial charge is 0.303 e. The van der Waals surface area contributed by atoms with Gasteiger partial charge in [0.2, 0.25) is 0 Å². The van der Waals surface area contributed by atoms with E-state index in [4.69, 9.17) is 0 Å². The summed E-state index contributed by atoms with van der Waals surface area (Å²) in [7, 11) is 0. The van der Waals surface area contributed by atoms with Crippen molar-refractivity contribution in [3.63, 3.8) is 0 Å². The number of hydrogen-bond donors (Lipinski definition) is 0. The maximum absolute atomic E-state index is 10.8. The molecular weight excluding hydrogens is 160 g/mol. The van der Waals surface area contributed by atoms with E-state index in [2.05, 4.69) is 31.2 Å². The van der Waals surface area contributed by atoms with E-state index in [0.29, 0.717) is 0 Å². The molecule has 0 amide bonds. The average Bonchev–Trinajstić information content (AvgIpc) is 2.86. The molecule has 0 saturated heterocycles. The van der Waals surface area contributed by atoms with Gasteiger partial charge in [-0.25, -0.2) is 0 Å². The van der Waals surface area contributed by atoms with Crippen molar-refractivity contribution in [2.45, 2.75) is 26.2 Å². The molecule has 1 fully saturated rings. The molecule has 2 rings (SSSR count). The lowest BCUT2D eigenvalue weighted by Crippen LogP contribution is -2.05. The summed E-state index contributed by atoms with van der Waals surface area (Å²) < 4.78 is 0. The number of benzene rings is 1. The minimum Gasteiger partial charge on any atom is -0.303 e. The maximum atomic E-state index is 10.8. The zero-order valence-electron chi connectivity index (χ0n) is 7.92. The van der Waals surface area contributed by atoms with E-state index < -0.39 is 0 Å². The van der Waals surface area contributed by atoms with Crippen LogP contribution in [-0.2, 0) is 11.2 Å². The second-order valence-corrected chi connectivity index (χ2v) is 4.15. The molecule has 1 aliphatic carbocycles. The average molecular weight is 174 g/mol. The predicted octanol–water partition coefficient (Wildman–Crippen LogP) is 2.52. The molecule has 1 aromatic carbocycles. The van der Waals surface area contributed by atoms with E-state index in [1.807, 2.05) is 0 Å². The first kappa shape index (κ1) is 8.49. The lowest BCUT2D eigenvalue weighted by molar-refractivity contribution is -0.112. The van der Waals surface area contributed by atoms with Gasteiger partial charge in [-0.1, -0.05) is 29.8 Å². The van der Waals surface area contributed by atoms with Crippen LogP contribution in [0.3, 0.4) is 0 Å². The third kappa shape index (κ3) is 1.80. The molecule has 1 aromatic rings. The van der Waals surface area contributed by atoms with Crippen LogP contribution in [0.2, 0.25) is 0 Å². The van der Waals surface area contributed by atoms with Crippen LogP contribution >= 0.6 is 0 Å². The van der Waals surface area contributed by atoms with Crippen LogP contribution in [-0.4, -0.2) is 6.29 Å². The van der Waals surface area contributed by atoms with Gasteiger partial charge in [0.05, 0.1) is 0 Å². The molecule has 0 aromatic heterocycles. The van der Waals surface area contributed by atoms with Crippen molar-refractivity contribution in [1.29, 1.82) is 0 Å². The fraction of sp³-hybridized carbons (Fsp3) is 0.417. The zero-order chi connectivity index (χ0) is 9.31. The minimum atomic E-state index is 0.00773. The molecule has 0 bridgehead atoms. The summed E-state index contributed by atoms with van der Waals surface area (Å²) in [5, 5.41) is 0. The summed E-state index contributed by atoms with van der Waals surface area (Å²) in [6, 6.07) is 8.43. The standard InChI is InChI=1S/C12H14O/c1-10-3-2-4-11(7-10)8-12(9-13)5-6-12/h2-4,7,9H,5-6,8H2,1H3. The normalized spacial score (nSPS) is 18.2. The predicted molar refractivity (Wildman–Crippen MR) is 52.6 cm³/mol. The number of carbonyl (C=O) groups excluding carboxylic acids is 1. The Labute approximate surface area is 78.8 Å². The van der Waals surface area contributed by atoms with Gasteiger partial charge in [0.1, 0.15) is 6.29 Å². The van der Waals surface area contributed by atoms with Crippen molar-refractivity contribution in [1.82, 2.24) is 0 Å². The summed E-state index contributed by atoms with van der Waals surface area (Å²) in [6.45, 7) is 2.09. The van der Waals surface area contributed by atoms with Gasteiger partial charge in [-0.05, 0) is 31.7 Å². The van der Waals surface area contributed by atoms with Crippen molar-refractivity contribution < 1.29 is 4.79 Å². The summed E-state index contributed by atoms with van der Waals surface area (Å²) >= 11 is 0. The first-order chi connectivity index (χ1) is 6.24. The second kappa shape index (κ2) is 2.99. The third-order valence-electron chi connectivity index (χ3n) is 2.78. The van der Waals surface area contributed by atoms with Crippen LogP contribution in [0.4, 0.5) is 0 Å². The molecule has 1 aliphatic rings. The molecule has 0 radical (unpaired) electrons. The topological polar surface area (TPSA) is 17.1 Å². The Kier molecular flexibility index (Phi) is 1.95. The van der Waals surface area contributed by atoms with Crippen LogP contribution in [0, 0.1) is 12.3 Å². The second-order valence-electron chi connectivity index (χ2n) is 4.15. The Morgan fingerprint density at radius 1 is 1.46 bits per heavy atom. The Morgan fingerprint density at radius 2 is 2.23 bits per heavy atom. The van der Waals surface area contributed by atoms with E-state index in [0.717, 1.165) is 25.5 Å². The smallest absolute Gasteiger partial charge is 0.126 e. The molecule has 0 unspecified atom stereocenters. The van der Waals surface area contributed by atoms with Crippen molar-refractivity contribution in [3.05, 3.63) is 35.4 Å². The quantitative estimate of drug-likeness (QED) is 0.643. The van der Waals surface area contributed by atoms with Gasteiger partial charge in [0.15, 0.2) is 0 Å². The van der Waals surface area contributed by atoms with Gasteiger partial charge in [0, 0.05) is 5.41 Å². The Bertz CT molecular complexity index is 324. The monoisotopic (exact) mass is 174 g/mol. The van der Waals surface area contributed by atoms with Gasteiger partial charge in [-0.3, -0.25) is 0 Å². The highest BCUT2D eigenvalue weighted by molar-refractivity contribution is 5.64. The Balaban J connectivity index is 2.14. The molecule has 0 N–H and O–H groups in total. The molecule has 0 spiro atoms. The summed E-state index contributed by atoms with van der Waals surface area (Å²) in [5.74, 6) is 0. The molecule has 0 aliphatic heterocycles. The molecule has 0 atom stereocenters. The van der Waals surface area contributed by atoms with Crippen molar-refractivity contribution >= 4 is 6.29 Å². The van der Waals surface area contributed by atoms with Crippen LogP contribution < -0.4 is 0 Å². The minimum absolute atomic E-state index is 0.00773. The summed E-state index contributed by atoms with van der Waals surface area (Å²) in [6.07, 6.45) is 4.21. The van der Waals surface area contributed by atoms with E-state index >= 15 is 0 Å². The molecule has 1 heteroatoms. The highest BCUT2D eigenvalue weighted by Crippen LogP contribution is 2.46. The van der Waals surface area contributed by atoms with E-state index in [1.165, 1.54) is 11.1 Å². The highest BCUT2D eigenvalue weighted by atomic mass is 16.1. The Hall–Kier alpha value is -1.11. The first-order valence-electron chi connectivity index (χ1n) is 4.76. The van der Waals surface area contributed by atoms with E-state index in [1.54, 1.807) is 0 Å². The van der Waals surface area contributed by atoms with Crippen LogP contribution in [0.5, 0.6) is 0 Å². The molecule has 68 valence electrons. The number of rotatable bonds is 3. The number of carbonyl (C=O) groups is 1. The van der Waals surface area contributed by atoms with Gasteiger partial charge in [0.25, 0.3) is 0 Å². The lowest BCUT2D eigenvalue weighted by atomic mass is 9.97. The lowest BCUT2D eigenvalue weighted by Gasteiger charge is -2.06. The zero-order valence-corrected chi connectivity index (χ0v) is 7.92. The molecule has 1 nitrogen and oxygen atoms in total. The van der Waals surface area contributed by atoms with E-state index in [-0.39, 0.29) is 5.41 Å². The van der Waals surface area contributed by atoms with Crippen molar-refractivity contribution in [2.75, 3.05) is 0 Å². The molecular formula is C12H14O. The Morgan fingerprint density at radius 3 is 2.77 bits per heavy atom. The molecule has 0 heterocycles. The van der Waals surface area contributed by atoms with Gasteiger partial charge < -0.3 is 4.79 Å². The van der Waals surface area contributed by atoms with Gasteiger partial charge >= 0.3 is 0 Å². The van der Waals surface area contributed by atoms with Crippen LogP contribution in [0.15, 0.2) is 24.3 Å². The number of hydrogen-bond acceptors (Lipinski definition) is 1. The van der Waals surface area contributed by atoms with Crippen LogP contribution in [0.25, 0.3) is 0 Å². The fourth-order valence-corrected chi connectivity index (χ4v) is 1.73. The number of aldehydes is 1. The molecule has 1 saturated carbocycles. The van der Waals surface area contributed by atoms with Crippen molar-refractivity contribution in [3.8, 4) is 0 Å². The SMILES string of the molecule is Cc1cccc(CC2(C=O)CC2)c1. The first-order valence-corrected chi connectivity index (χ1v) is 4.76. The summed E-state index contributed by atoms with van der Waals surface area (Å²) in [4.78, 5) is 10.8. The third-order valence-corrected chi connectivity index (χ3v) is 2.78. The maximum Gasteiger partial charge on any atom is 0.126 e. The van der Waals surface area contributed by atoms with Crippen LogP contribution in [0.1, 0.15) is 24.0 Å². The highest BCUT2D eigenvalue weighted by Gasteiger charge is 2.42. The van der Waals surface area contributed by atoms with Gasteiger partial charge in [-0.15, -0.1) is 0 Å². The molecule has 13 heavy (non-hydrogen) atoms. The van der Waals surface area contributed by atoms with Crippen molar-refractivity contribution in [2.24, 2.45) is 5.41 Å². The van der Waals surface area contributed by atoms with E-state index in [9.17, 15) is 4.79 Å². The number of aryl methyl sites for hydroxylation is 1. The summed E-state index contributed by atoms with van der Waals surface area (Å²) in [5.41, 5.74) is 2.58. The fourth-order valence-electron chi connectivity index (χ4n) is 1.73.